The Morgan fingerprint density at radius 2 is 1.53 bits per heavy atom. The standard InChI is InChI=1S/C23H28Cl2N2O2S/c1-5-20(22(29)26-23(2,3)4)27(14-16-6-8-17(24)9-7-16)21(28)15-30-19-12-10-18(25)11-13-19/h6-13,20H,5,14-15H2,1-4H3,(H,26,29)/t20-/m0/s1. The van der Waals surface area contributed by atoms with E-state index >= 15 is 0 Å². The zero-order chi connectivity index (χ0) is 22.3. The third-order valence-corrected chi connectivity index (χ3v) is 5.83. The van der Waals surface area contributed by atoms with Crippen LogP contribution in [0.4, 0.5) is 0 Å². The van der Waals surface area contributed by atoms with Gasteiger partial charge >= 0.3 is 0 Å². The number of thioether (sulfide) groups is 1. The van der Waals surface area contributed by atoms with Gasteiger partial charge < -0.3 is 10.2 Å². The molecule has 0 aliphatic rings. The van der Waals surface area contributed by atoms with Crippen LogP contribution in [0.5, 0.6) is 0 Å². The quantitative estimate of drug-likeness (QED) is 0.499. The van der Waals surface area contributed by atoms with E-state index in [0.717, 1.165) is 10.5 Å². The van der Waals surface area contributed by atoms with Crippen molar-refractivity contribution < 1.29 is 9.59 Å². The van der Waals surface area contributed by atoms with Crippen molar-refractivity contribution in [3.8, 4) is 0 Å². The minimum absolute atomic E-state index is 0.0965. The van der Waals surface area contributed by atoms with Gasteiger partial charge in [-0.05, 0) is 69.2 Å². The highest BCUT2D eigenvalue weighted by atomic mass is 35.5. The molecule has 162 valence electrons. The van der Waals surface area contributed by atoms with Crippen LogP contribution in [0.3, 0.4) is 0 Å². The van der Waals surface area contributed by atoms with Crippen LogP contribution in [0, 0.1) is 0 Å². The van der Waals surface area contributed by atoms with Gasteiger partial charge in [-0.25, -0.2) is 0 Å². The molecule has 0 radical (unpaired) electrons. The van der Waals surface area contributed by atoms with Gasteiger partial charge in [-0.15, -0.1) is 11.8 Å². The molecule has 0 heterocycles. The lowest BCUT2D eigenvalue weighted by molar-refractivity contribution is -0.140. The molecular weight excluding hydrogens is 439 g/mol. The van der Waals surface area contributed by atoms with E-state index in [4.69, 9.17) is 23.2 Å². The molecule has 2 aromatic carbocycles. The molecule has 1 atom stereocenters. The van der Waals surface area contributed by atoms with Gasteiger partial charge in [-0.1, -0.05) is 42.3 Å². The Hall–Kier alpha value is -1.69. The number of carbonyl (C=O) groups is 2. The second-order valence-electron chi connectivity index (χ2n) is 8.05. The van der Waals surface area contributed by atoms with Crippen LogP contribution in [0.2, 0.25) is 10.0 Å². The molecule has 0 saturated heterocycles. The van der Waals surface area contributed by atoms with E-state index in [-0.39, 0.29) is 23.1 Å². The fraction of sp³-hybridized carbons (Fsp3) is 0.391. The number of carbonyl (C=O) groups excluding carboxylic acids is 2. The molecule has 4 nitrogen and oxygen atoms in total. The van der Waals surface area contributed by atoms with Crippen LogP contribution in [-0.2, 0) is 16.1 Å². The summed E-state index contributed by atoms with van der Waals surface area (Å²) in [5.74, 6) is -0.0151. The number of hydrogen-bond acceptors (Lipinski definition) is 3. The van der Waals surface area contributed by atoms with Crippen molar-refractivity contribution in [3.63, 3.8) is 0 Å². The Bertz CT molecular complexity index is 849. The van der Waals surface area contributed by atoms with Crippen LogP contribution < -0.4 is 5.32 Å². The molecule has 0 aromatic heterocycles. The number of rotatable bonds is 8. The third kappa shape index (κ3) is 7.86. The zero-order valence-corrected chi connectivity index (χ0v) is 20.1. The van der Waals surface area contributed by atoms with Crippen molar-refractivity contribution in [1.29, 1.82) is 0 Å². The van der Waals surface area contributed by atoms with E-state index in [9.17, 15) is 9.59 Å². The predicted octanol–water partition coefficient (Wildman–Crippen LogP) is 5.81. The third-order valence-electron chi connectivity index (χ3n) is 4.33. The number of amides is 2. The molecule has 2 aromatic rings. The topological polar surface area (TPSA) is 49.4 Å². The van der Waals surface area contributed by atoms with Gasteiger partial charge in [-0.3, -0.25) is 9.59 Å². The minimum Gasteiger partial charge on any atom is -0.350 e. The summed E-state index contributed by atoms with van der Waals surface area (Å²) < 4.78 is 0. The van der Waals surface area contributed by atoms with E-state index in [1.807, 2.05) is 52.0 Å². The van der Waals surface area contributed by atoms with Crippen LogP contribution in [0.15, 0.2) is 53.4 Å². The average molecular weight is 467 g/mol. The summed E-state index contributed by atoms with van der Waals surface area (Å²) in [4.78, 5) is 28.8. The monoisotopic (exact) mass is 466 g/mol. The van der Waals surface area contributed by atoms with Crippen molar-refractivity contribution in [2.45, 2.75) is 57.1 Å². The fourth-order valence-electron chi connectivity index (χ4n) is 2.92. The maximum absolute atomic E-state index is 13.2. The smallest absolute Gasteiger partial charge is 0.243 e. The van der Waals surface area contributed by atoms with E-state index in [0.29, 0.717) is 23.0 Å². The molecular formula is C23H28Cl2N2O2S. The number of hydrogen-bond donors (Lipinski definition) is 1. The normalized spacial score (nSPS) is 12.3. The van der Waals surface area contributed by atoms with Crippen LogP contribution in [0.1, 0.15) is 39.7 Å². The zero-order valence-electron chi connectivity index (χ0n) is 17.7. The Balaban J connectivity index is 2.21. The Morgan fingerprint density at radius 3 is 2.03 bits per heavy atom. The molecule has 30 heavy (non-hydrogen) atoms. The Labute approximate surface area is 193 Å². The maximum Gasteiger partial charge on any atom is 0.243 e. The lowest BCUT2D eigenvalue weighted by Crippen LogP contribution is -2.53. The number of nitrogens with one attached hydrogen (secondary N) is 1. The maximum atomic E-state index is 13.2. The van der Waals surface area contributed by atoms with Crippen LogP contribution in [-0.4, -0.2) is 34.0 Å². The number of halogens is 2. The van der Waals surface area contributed by atoms with Crippen LogP contribution in [0.25, 0.3) is 0 Å². The van der Waals surface area contributed by atoms with Crippen LogP contribution >= 0.6 is 35.0 Å². The van der Waals surface area contributed by atoms with Gasteiger partial charge in [0.25, 0.3) is 0 Å². The second kappa shape index (κ2) is 11.1. The Kier molecular flexibility index (Phi) is 9.08. The molecule has 0 fully saturated rings. The molecule has 7 heteroatoms. The summed E-state index contributed by atoms with van der Waals surface area (Å²) in [5.41, 5.74) is 0.545. The molecule has 2 amide bonds. The van der Waals surface area contributed by atoms with Gasteiger partial charge in [0.15, 0.2) is 0 Å². The van der Waals surface area contributed by atoms with Gasteiger partial charge in [0.2, 0.25) is 11.8 Å². The fourth-order valence-corrected chi connectivity index (χ4v) is 3.95. The molecule has 0 unspecified atom stereocenters. The number of benzene rings is 2. The highest BCUT2D eigenvalue weighted by Gasteiger charge is 2.30. The summed E-state index contributed by atoms with van der Waals surface area (Å²) in [6.07, 6.45) is 0.521. The molecule has 1 N–H and O–H groups in total. The van der Waals surface area contributed by atoms with Crippen molar-refractivity contribution in [1.82, 2.24) is 10.2 Å². The minimum atomic E-state index is -0.557. The van der Waals surface area contributed by atoms with Gasteiger partial charge in [0.05, 0.1) is 5.75 Å². The van der Waals surface area contributed by atoms with Crippen molar-refractivity contribution >= 4 is 46.8 Å². The second-order valence-corrected chi connectivity index (χ2v) is 9.98. The first kappa shape index (κ1) is 24.6. The predicted molar refractivity (Wildman–Crippen MR) is 126 cm³/mol. The van der Waals surface area contributed by atoms with Crippen molar-refractivity contribution in [2.75, 3.05) is 5.75 Å². The molecule has 0 aliphatic carbocycles. The lowest BCUT2D eigenvalue weighted by Gasteiger charge is -2.33. The highest BCUT2D eigenvalue weighted by Crippen LogP contribution is 2.23. The van der Waals surface area contributed by atoms with E-state index in [1.54, 1.807) is 29.2 Å². The average Bonchev–Trinajstić information content (AvgIpc) is 2.67. The summed E-state index contributed by atoms with van der Waals surface area (Å²) in [6.45, 7) is 8.05. The lowest BCUT2D eigenvalue weighted by atomic mass is 10.1. The van der Waals surface area contributed by atoms with E-state index in [2.05, 4.69) is 5.32 Å². The first-order valence-corrected chi connectivity index (χ1v) is 11.6. The van der Waals surface area contributed by atoms with Crippen molar-refractivity contribution in [3.05, 3.63) is 64.1 Å². The van der Waals surface area contributed by atoms with Gasteiger partial charge in [0, 0.05) is 27.0 Å². The molecule has 0 bridgehead atoms. The van der Waals surface area contributed by atoms with E-state index in [1.165, 1.54) is 11.8 Å². The summed E-state index contributed by atoms with van der Waals surface area (Å²) in [5, 5.41) is 4.29. The summed E-state index contributed by atoms with van der Waals surface area (Å²) in [6, 6.07) is 14.1. The molecule has 0 aliphatic heterocycles. The van der Waals surface area contributed by atoms with E-state index < -0.39 is 6.04 Å². The van der Waals surface area contributed by atoms with Gasteiger partial charge in [-0.2, -0.15) is 0 Å². The first-order valence-electron chi connectivity index (χ1n) is 9.83. The Morgan fingerprint density at radius 1 is 1.00 bits per heavy atom. The molecule has 2 rings (SSSR count). The number of nitrogens with zero attached hydrogens (tertiary/aromatic N) is 1. The largest absolute Gasteiger partial charge is 0.350 e. The first-order chi connectivity index (χ1) is 14.1. The molecule has 0 spiro atoms. The molecule has 0 saturated carbocycles. The summed E-state index contributed by atoms with van der Waals surface area (Å²) in [7, 11) is 0. The highest BCUT2D eigenvalue weighted by molar-refractivity contribution is 8.00. The SMILES string of the molecule is CC[C@@H](C(=O)NC(C)(C)C)N(Cc1ccc(Cl)cc1)C(=O)CSc1ccc(Cl)cc1. The summed E-state index contributed by atoms with van der Waals surface area (Å²) >= 11 is 13.4. The van der Waals surface area contributed by atoms with Crippen molar-refractivity contribution in [2.24, 2.45) is 0 Å². The van der Waals surface area contributed by atoms with Gasteiger partial charge in [0.1, 0.15) is 6.04 Å².